The highest BCUT2D eigenvalue weighted by molar-refractivity contribution is 7.46. The number of aromatic nitrogens is 3. The van der Waals surface area contributed by atoms with Gasteiger partial charge >= 0.3 is 7.82 Å². The van der Waals surface area contributed by atoms with Crippen molar-refractivity contribution >= 4 is 77.4 Å². The van der Waals surface area contributed by atoms with Crippen molar-refractivity contribution in [1.29, 1.82) is 0 Å². The summed E-state index contributed by atoms with van der Waals surface area (Å²) in [5.41, 5.74) is 4.62. The molecule has 0 bridgehead atoms. The number of phosphoric ester groups is 1. The Hall–Kier alpha value is -6.65. The van der Waals surface area contributed by atoms with Crippen LogP contribution in [0.3, 0.4) is 0 Å². The van der Waals surface area contributed by atoms with Crippen LogP contribution in [0, 0.1) is 0 Å². The molecule has 0 saturated carbocycles. The molecular weight excluding hydrogens is 1050 g/mol. The molecule has 21 nitrogen and oxygen atoms in total. The van der Waals surface area contributed by atoms with Crippen LogP contribution in [0.25, 0.3) is 11.1 Å². The Labute approximate surface area is 466 Å². The number of hydrogen-bond acceptors (Lipinski definition) is 17. The second-order valence-electron chi connectivity index (χ2n) is 21.9. The molecule has 23 heteroatoms. The van der Waals surface area contributed by atoms with E-state index in [-0.39, 0.29) is 59.6 Å². The lowest BCUT2D eigenvalue weighted by Crippen LogP contribution is -2.58. The van der Waals surface area contributed by atoms with Crippen molar-refractivity contribution in [2.45, 2.75) is 128 Å². The number of anilines is 5. The summed E-state index contributed by atoms with van der Waals surface area (Å²) >= 11 is 1.58. The molecule has 4 aromatic heterocycles. The van der Waals surface area contributed by atoms with Gasteiger partial charge in [0, 0.05) is 91.4 Å². The third kappa shape index (κ3) is 10.2. The summed E-state index contributed by atoms with van der Waals surface area (Å²) < 4.78 is 45.3. The van der Waals surface area contributed by atoms with E-state index in [1.165, 1.54) is 16.6 Å². The minimum atomic E-state index is -5.08. The number of benzene rings is 1. The number of nitrogens with zero attached hydrogens (tertiary/aromatic N) is 9. The molecule has 1 aromatic carbocycles. The molecular formula is C56H65N10O11PS. The first-order valence-electron chi connectivity index (χ1n) is 28.3. The van der Waals surface area contributed by atoms with Crippen molar-refractivity contribution in [1.82, 2.24) is 29.7 Å². The van der Waals surface area contributed by atoms with E-state index < -0.39 is 56.4 Å². The predicted octanol–water partition coefficient (Wildman–Crippen LogP) is 6.80. The largest absolute Gasteiger partial charge is 0.480 e. The number of piperazine rings is 1. The zero-order chi connectivity index (χ0) is 58.3. The zero-order valence-electron chi connectivity index (χ0n) is 47.5. The van der Waals surface area contributed by atoms with Crippen LogP contribution in [0.15, 0.2) is 61.1 Å². The summed E-state index contributed by atoms with van der Waals surface area (Å²) in [4.78, 5) is 113. The number of fused-ring (bicyclic) bond motifs is 4. The minimum absolute atomic E-state index is 0.0609. The van der Waals surface area contributed by atoms with Gasteiger partial charge in [-0.1, -0.05) is 0 Å². The summed E-state index contributed by atoms with van der Waals surface area (Å²) in [6.45, 7) is 12.1. The van der Waals surface area contributed by atoms with Crippen molar-refractivity contribution in [2.24, 2.45) is 0 Å². The van der Waals surface area contributed by atoms with Crippen LogP contribution in [-0.4, -0.2) is 144 Å². The molecule has 5 aromatic rings. The van der Waals surface area contributed by atoms with E-state index in [4.69, 9.17) is 18.8 Å². The van der Waals surface area contributed by atoms with Gasteiger partial charge in [0.25, 0.3) is 23.6 Å². The van der Waals surface area contributed by atoms with Crippen molar-refractivity contribution in [2.75, 3.05) is 59.8 Å². The highest BCUT2D eigenvalue weighted by atomic mass is 32.1. The number of imide groups is 2. The number of hydrogen-bond donors (Lipinski definition) is 4. The van der Waals surface area contributed by atoms with E-state index in [1.807, 2.05) is 12.1 Å². The lowest BCUT2D eigenvalue weighted by Gasteiger charge is -2.48. The molecule has 0 radical (unpaired) electrons. The van der Waals surface area contributed by atoms with E-state index in [0.717, 1.165) is 91.8 Å². The molecule has 1 aliphatic carbocycles. The normalized spacial score (nSPS) is 23.3. The lowest BCUT2D eigenvalue weighted by molar-refractivity contribution is -0.161. The molecule has 416 valence electrons. The minimum Gasteiger partial charge on any atom is -0.480 e. The molecule has 4 N–H and O–H groups in total. The summed E-state index contributed by atoms with van der Waals surface area (Å²) in [7, 11) is -7.90. The SMILES string of the molecule is [2H]C([2H])([2H])Oc1ncc(-c2ccnc(N3CCc4c(sc5c4CCCC5)C3=O)c2C(C)(C)O)cc1Nc1ccc(N2CCN(C3CCN(c4ccc5c(c4)C(=O)N(C4CCC(=O)N(C(C)OP(=O)(O)O)C4=O)C5=O)[C@H](C)C3)C[C@@H]2C)cn1. The Morgan fingerprint density at radius 3 is 2.33 bits per heavy atom. The fraction of sp³-hybridized carbons (Fsp3) is 0.464. The molecule has 11 rings (SSSR count). The van der Waals surface area contributed by atoms with Crippen LogP contribution in [0.2, 0.25) is 0 Å². The number of aliphatic hydroxyl groups is 1. The first kappa shape index (κ1) is 50.6. The van der Waals surface area contributed by atoms with Gasteiger partial charge in [-0.05, 0) is 145 Å². The van der Waals surface area contributed by atoms with Crippen molar-refractivity contribution < 1.29 is 56.8 Å². The number of ether oxygens (including phenoxy) is 1. The Bertz CT molecular complexity index is 3450. The maximum Gasteiger partial charge on any atom is 0.471 e. The van der Waals surface area contributed by atoms with Crippen molar-refractivity contribution in [3.63, 3.8) is 0 Å². The van der Waals surface area contributed by atoms with Crippen LogP contribution in [-0.2, 0) is 43.5 Å². The third-order valence-corrected chi connectivity index (χ3v) is 18.3. The predicted molar refractivity (Wildman–Crippen MR) is 296 cm³/mol. The molecule has 5 atom stereocenters. The van der Waals surface area contributed by atoms with Gasteiger partial charge in [0.15, 0.2) is 0 Å². The maximum atomic E-state index is 14.3. The highest BCUT2D eigenvalue weighted by Crippen LogP contribution is 2.45. The molecule has 5 amide bonds. The number of methoxy groups -OCH3 is 1. The molecule has 3 saturated heterocycles. The van der Waals surface area contributed by atoms with Crippen LogP contribution in [0.4, 0.5) is 28.7 Å². The van der Waals surface area contributed by atoms with Gasteiger partial charge in [-0.15, -0.1) is 11.3 Å². The standard InChI is InChI=1S/C56H65N10O11PS/c1-31-25-35(18-21-62(31)36-11-13-41-42(27-36)53(69)66(52(41)68)44-14-16-47(67)65(54(44)70)33(3)77-78(73,74)75)61-23-24-63(32(2)30-61)37-12-15-46(58-29-37)60-43-26-34(28-59-51(43)76-6)38-17-20-57-50(48(38)56(4,5)72)64-22-19-40-39-9-7-8-10-45(39)79-49(40)55(64)71/h11-13,15,17,20,26-29,31-33,35,44,72H,7-10,14,16,18-19,21-25,30H2,1-6H3,(H,58,60)(H2,73,74,75)/t31-,32+,33?,35?,44?/m1/s1/i6D3. The number of thiophene rings is 1. The molecule has 9 heterocycles. The Morgan fingerprint density at radius 2 is 1.59 bits per heavy atom. The highest BCUT2D eigenvalue weighted by Gasteiger charge is 2.49. The van der Waals surface area contributed by atoms with E-state index in [1.54, 1.807) is 72.8 Å². The van der Waals surface area contributed by atoms with Crippen LogP contribution < -0.4 is 24.8 Å². The van der Waals surface area contributed by atoms with Crippen molar-refractivity contribution in [3.05, 3.63) is 98.6 Å². The zero-order valence-corrected chi connectivity index (χ0v) is 46.3. The monoisotopic (exact) mass is 1120 g/mol. The average molecular weight is 1120 g/mol. The number of carbonyl (C=O) groups excluding carboxylic acids is 5. The summed E-state index contributed by atoms with van der Waals surface area (Å²) in [5, 5.41) is 15.0. The van der Waals surface area contributed by atoms with Gasteiger partial charge in [-0.3, -0.25) is 48.1 Å². The number of likely N-dealkylation sites (tertiary alicyclic amines) is 1. The first-order valence-corrected chi connectivity index (χ1v) is 29.2. The Balaban J connectivity index is 0.744. The molecule has 3 fully saturated rings. The third-order valence-electron chi connectivity index (χ3n) is 16.4. The lowest BCUT2D eigenvalue weighted by atomic mass is 9.89. The summed E-state index contributed by atoms with van der Waals surface area (Å²) in [5.74, 6) is -2.64. The summed E-state index contributed by atoms with van der Waals surface area (Å²) in [6.07, 6.45) is 9.40. The number of phosphoric acid groups is 1. The molecule has 79 heavy (non-hydrogen) atoms. The van der Waals surface area contributed by atoms with E-state index in [0.29, 0.717) is 52.7 Å². The number of aryl methyl sites for hydroxylation is 1. The van der Waals surface area contributed by atoms with Gasteiger partial charge in [0.05, 0.1) is 44.6 Å². The fourth-order valence-corrected chi connectivity index (χ4v) is 14.6. The number of pyridine rings is 3. The van der Waals surface area contributed by atoms with Crippen LogP contribution in [0.5, 0.6) is 5.88 Å². The molecule has 5 aliphatic heterocycles. The van der Waals surface area contributed by atoms with Crippen LogP contribution >= 0.6 is 19.2 Å². The van der Waals surface area contributed by atoms with E-state index >= 15 is 0 Å². The van der Waals surface area contributed by atoms with E-state index in [2.05, 4.69) is 43.4 Å². The van der Waals surface area contributed by atoms with Gasteiger partial charge in [-0.25, -0.2) is 19.5 Å². The fourth-order valence-electron chi connectivity index (χ4n) is 12.7. The number of carbonyl (C=O) groups is 5. The number of amides is 5. The Morgan fingerprint density at radius 1 is 0.823 bits per heavy atom. The van der Waals surface area contributed by atoms with Gasteiger partial charge in [-0.2, -0.15) is 0 Å². The number of piperidine rings is 2. The topological polar surface area (TPSA) is 252 Å². The molecule has 6 aliphatic rings. The first-order chi connectivity index (χ1) is 38.8. The number of nitrogens with one attached hydrogen (secondary N) is 1. The smallest absolute Gasteiger partial charge is 0.471 e. The van der Waals surface area contributed by atoms with Gasteiger partial charge < -0.3 is 34.7 Å². The van der Waals surface area contributed by atoms with Gasteiger partial charge in [0.2, 0.25) is 11.8 Å². The second kappa shape index (κ2) is 21.1. The quantitative estimate of drug-likeness (QED) is 0.0699. The Kier molecular flexibility index (Phi) is 13.5. The molecule has 3 unspecified atom stereocenters. The second-order valence-corrected chi connectivity index (χ2v) is 24.2. The van der Waals surface area contributed by atoms with Gasteiger partial charge in [0.1, 0.15) is 29.6 Å². The average Bonchev–Trinajstić information content (AvgIpc) is 2.61. The number of rotatable bonds is 13. The molecule has 0 spiro atoms. The van der Waals surface area contributed by atoms with Crippen molar-refractivity contribution in [3.8, 4) is 17.0 Å². The van der Waals surface area contributed by atoms with Crippen LogP contribution in [0.1, 0.15) is 129 Å². The maximum absolute atomic E-state index is 14.3. The summed E-state index contributed by atoms with van der Waals surface area (Å²) in [6, 6.07) is 11.3. The van der Waals surface area contributed by atoms with E-state index in [9.17, 15) is 43.4 Å².